The van der Waals surface area contributed by atoms with Crippen molar-refractivity contribution in [3.8, 4) is 22.4 Å². The standard InChI is InChI=1S/C26H25Cl2N5O3S/c1-32(2)37(35,36)26-22(25(34)30-18-7-3-4-8-18)24-29-15-20(19-9-5-6-10-21(19)28)23(33(24)31-26)16-11-13-17(27)14-12-16/h5-6,9-15,18H,3-4,7-8H2,1-2H3,(H,30,34). The Balaban J connectivity index is 1.84. The third-order valence-electron chi connectivity index (χ3n) is 6.54. The summed E-state index contributed by atoms with van der Waals surface area (Å²) in [5, 5.41) is 8.18. The summed E-state index contributed by atoms with van der Waals surface area (Å²) in [5.41, 5.74) is 2.60. The Kier molecular flexibility index (Phi) is 6.97. The van der Waals surface area contributed by atoms with Gasteiger partial charge in [0.25, 0.3) is 15.9 Å². The highest BCUT2D eigenvalue weighted by molar-refractivity contribution is 7.89. The predicted molar refractivity (Wildman–Crippen MR) is 144 cm³/mol. The summed E-state index contributed by atoms with van der Waals surface area (Å²) in [6, 6.07) is 14.3. The summed E-state index contributed by atoms with van der Waals surface area (Å²) in [7, 11) is -1.28. The van der Waals surface area contributed by atoms with Gasteiger partial charge in [-0.15, -0.1) is 0 Å². The monoisotopic (exact) mass is 557 g/mol. The quantitative estimate of drug-likeness (QED) is 0.347. The third kappa shape index (κ3) is 4.72. The summed E-state index contributed by atoms with van der Waals surface area (Å²) in [6.45, 7) is 0. The summed E-state index contributed by atoms with van der Waals surface area (Å²) >= 11 is 12.7. The zero-order chi connectivity index (χ0) is 26.3. The van der Waals surface area contributed by atoms with E-state index in [0.29, 0.717) is 32.4 Å². The van der Waals surface area contributed by atoms with Gasteiger partial charge in [-0.25, -0.2) is 22.2 Å². The zero-order valence-corrected chi connectivity index (χ0v) is 22.6. The number of benzene rings is 2. The minimum atomic E-state index is -4.09. The molecule has 5 rings (SSSR count). The lowest BCUT2D eigenvalue weighted by Crippen LogP contribution is -2.34. The van der Waals surface area contributed by atoms with Crippen LogP contribution >= 0.6 is 23.2 Å². The third-order valence-corrected chi connectivity index (χ3v) is 8.85. The Bertz CT molecular complexity index is 1590. The molecule has 0 unspecified atom stereocenters. The second kappa shape index (κ2) is 10.1. The van der Waals surface area contributed by atoms with Gasteiger partial charge in [0, 0.05) is 53.1 Å². The second-order valence-corrected chi connectivity index (χ2v) is 12.1. The number of aromatic nitrogens is 3. The van der Waals surface area contributed by atoms with Crippen LogP contribution in [-0.4, -0.2) is 53.4 Å². The fourth-order valence-electron chi connectivity index (χ4n) is 4.61. The number of nitrogens with one attached hydrogen (secondary N) is 1. The minimum absolute atomic E-state index is 0.0181. The van der Waals surface area contributed by atoms with Gasteiger partial charge in [-0.3, -0.25) is 4.79 Å². The molecule has 0 aliphatic heterocycles. The molecule has 1 amide bonds. The SMILES string of the molecule is CN(C)S(=O)(=O)c1nn2c(-c3ccc(Cl)cc3)c(-c3ccccc3Cl)cnc2c1C(=O)NC1CCCC1. The summed E-state index contributed by atoms with van der Waals surface area (Å²) in [5.74, 6) is -0.512. The molecule has 1 saturated carbocycles. The van der Waals surface area contributed by atoms with Crippen LogP contribution in [0.15, 0.2) is 59.8 Å². The molecule has 1 fully saturated rings. The number of hydrogen-bond donors (Lipinski definition) is 1. The Morgan fingerprint density at radius 2 is 1.70 bits per heavy atom. The maximum Gasteiger partial charge on any atom is 0.262 e. The molecule has 0 spiro atoms. The normalized spacial score (nSPS) is 14.5. The molecule has 1 N–H and O–H groups in total. The fraction of sp³-hybridized carbons (Fsp3) is 0.269. The first-order valence-corrected chi connectivity index (χ1v) is 14.0. The van der Waals surface area contributed by atoms with Crippen molar-refractivity contribution in [2.24, 2.45) is 0 Å². The van der Waals surface area contributed by atoms with E-state index >= 15 is 0 Å². The van der Waals surface area contributed by atoms with E-state index in [0.717, 1.165) is 30.0 Å². The molecule has 1 aliphatic rings. The highest BCUT2D eigenvalue weighted by Gasteiger charge is 2.34. The van der Waals surface area contributed by atoms with Crippen LogP contribution in [0.25, 0.3) is 28.0 Å². The van der Waals surface area contributed by atoms with Gasteiger partial charge in [-0.05, 0) is 31.0 Å². The Morgan fingerprint density at radius 1 is 1.03 bits per heavy atom. The van der Waals surface area contributed by atoms with E-state index in [-0.39, 0.29) is 22.3 Å². The molecule has 0 bridgehead atoms. The molecule has 192 valence electrons. The van der Waals surface area contributed by atoms with E-state index in [4.69, 9.17) is 23.2 Å². The lowest BCUT2D eigenvalue weighted by molar-refractivity contribution is 0.0936. The average Bonchev–Trinajstić information content (AvgIpc) is 3.52. The average molecular weight is 558 g/mol. The predicted octanol–water partition coefficient (Wildman–Crippen LogP) is 5.29. The van der Waals surface area contributed by atoms with Gasteiger partial charge in [0.2, 0.25) is 5.03 Å². The summed E-state index contributed by atoms with van der Waals surface area (Å²) < 4.78 is 29.2. The summed E-state index contributed by atoms with van der Waals surface area (Å²) in [4.78, 5) is 18.1. The van der Waals surface area contributed by atoms with Crippen LogP contribution in [0.1, 0.15) is 36.0 Å². The highest BCUT2D eigenvalue weighted by atomic mass is 35.5. The number of rotatable bonds is 6. The van der Waals surface area contributed by atoms with Crippen molar-refractivity contribution in [3.05, 3.63) is 70.3 Å². The van der Waals surface area contributed by atoms with Crippen molar-refractivity contribution < 1.29 is 13.2 Å². The number of fused-ring (bicyclic) bond motifs is 1. The Morgan fingerprint density at radius 3 is 2.35 bits per heavy atom. The van der Waals surface area contributed by atoms with Gasteiger partial charge in [-0.1, -0.05) is 66.4 Å². The number of halogens is 2. The van der Waals surface area contributed by atoms with Crippen LogP contribution in [0.3, 0.4) is 0 Å². The molecule has 2 aromatic carbocycles. The smallest absolute Gasteiger partial charge is 0.262 e. The maximum atomic E-state index is 13.5. The molecule has 8 nitrogen and oxygen atoms in total. The molecule has 2 aromatic heterocycles. The van der Waals surface area contributed by atoms with Crippen LogP contribution in [0.2, 0.25) is 10.0 Å². The van der Waals surface area contributed by atoms with Crippen LogP contribution in [0.4, 0.5) is 0 Å². The molecule has 2 heterocycles. The largest absolute Gasteiger partial charge is 0.349 e. The topological polar surface area (TPSA) is 96.7 Å². The van der Waals surface area contributed by atoms with Crippen molar-refractivity contribution in [1.29, 1.82) is 0 Å². The molecule has 37 heavy (non-hydrogen) atoms. The Labute approximate surface area is 225 Å². The van der Waals surface area contributed by atoms with Crippen molar-refractivity contribution in [1.82, 2.24) is 24.2 Å². The lowest BCUT2D eigenvalue weighted by atomic mass is 10.0. The first-order chi connectivity index (χ1) is 17.7. The van der Waals surface area contributed by atoms with Crippen molar-refractivity contribution in [2.75, 3.05) is 14.1 Å². The van der Waals surface area contributed by atoms with Gasteiger partial charge in [-0.2, -0.15) is 5.10 Å². The lowest BCUT2D eigenvalue weighted by Gasteiger charge is -2.14. The molecule has 11 heteroatoms. The van der Waals surface area contributed by atoms with Gasteiger partial charge >= 0.3 is 0 Å². The van der Waals surface area contributed by atoms with E-state index in [2.05, 4.69) is 15.4 Å². The van der Waals surface area contributed by atoms with E-state index in [1.54, 1.807) is 36.5 Å². The maximum absolute atomic E-state index is 13.5. The second-order valence-electron chi connectivity index (χ2n) is 9.17. The molecule has 1 aliphatic carbocycles. The van der Waals surface area contributed by atoms with Crippen molar-refractivity contribution in [3.63, 3.8) is 0 Å². The van der Waals surface area contributed by atoms with Gasteiger partial charge in [0.1, 0.15) is 5.56 Å². The first kappa shape index (κ1) is 25.7. The minimum Gasteiger partial charge on any atom is -0.349 e. The van der Waals surface area contributed by atoms with Gasteiger partial charge < -0.3 is 5.32 Å². The van der Waals surface area contributed by atoms with Crippen LogP contribution in [0, 0.1) is 0 Å². The molecule has 0 atom stereocenters. The first-order valence-electron chi connectivity index (χ1n) is 11.8. The molecular formula is C26H25Cl2N5O3S. The molecule has 0 radical (unpaired) electrons. The van der Waals surface area contributed by atoms with Crippen molar-refractivity contribution in [2.45, 2.75) is 36.8 Å². The van der Waals surface area contributed by atoms with E-state index in [9.17, 15) is 13.2 Å². The molecular weight excluding hydrogens is 533 g/mol. The number of carbonyl (C=O) groups excluding carboxylic acids is 1. The van der Waals surface area contributed by atoms with Crippen LogP contribution in [0.5, 0.6) is 0 Å². The number of hydrogen-bond acceptors (Lipinski definition) is 5. The highest BCUT2D eigenvalue weighted by Crippen LogP contribution is 2.37. The number of sulfonamides is 1. The van der Waals surface area contributed by atoms with Crippen LogP contribution < -0.4 is 5.32 Å². The molecule has 4 aromatic rings. The summed E-state index contributed by atoms with van der Waals surface area (Å²) in [6.07, 6.45) is 5.33. The molecule has 0 saturated heterocycles. The number of amides is 1. The van der Waals surface area contributed by atoms with Gasteiger partial charge in [0.05, 0.1) is 5.69 Å². The van der Waals surface area contributed by atoms with E-state index < -0.39 is 15.9 Å². The number of nitrogens with zero attached hydrogens (tertiary/aromatic N) is 4. The van der Waals surface area contributed by atoms with Gasteiger partial charge in [0.15, 0.2) is 5.65 Å². The number of carbonyl (C=O) groups is 1. The fourth-order valence-corrected chi connectivity index (χ4v) is 5.94. The Hall–Kier alpha value is -2.98. The van der Waals surface area contributed by atoms with E-state index in [1.165, 1.54) is 18.6 Å². The van der Waals surface area contributed by atoms with Crippen molar-refractivity contribution >= 4 is 44.8 Å². The zero-order valence-electron chi connectivity index (χ0n) is 20.3. The van der Waals surface area contributed by atoms with E-state index in [1.807, 2.05) is 18.2 Å². The van der Waals surface area contributed by atoms with Crippen LogP contribution in [-0.2, 0) is 10.0 Å².